The number of ether oxygens (including phenoxy) is 1. The highest BCUT2D eigenvalue weighted by Gasteiger charge is 2.32. The maximum atomic E-state index is 11.6. The van der Waals surface area contributed by atoms with Gasteiger partial charge in [-0.3, -0.25) is 9.69 Å². The molecule has 1 fully saturated rings. The molecule has 0 radical (unpaired) electrons. The molecule has 2 N–H and O–H groups in total. The normalized spacial score (nSPS) is 23.4. The average Bonchev–Trinajstić information content (AvgIpc) is 2.36. The van der Waals surface area contributed by atoms with E-state index in [4.69, 9.17) is 10.5 Å². The van der Waals surface area contributed by atoms with Crippen molar-refractivity contribution in [1.82, 2.24) is 9.47 Å². The third kappa shape index (κ3) is 3.89. The molecular weight excluding hydrogens is 242 g/mol. The van der Waals surface area contributed by atoms with Gasteiger partial charge in [0.25, 0.3) is 5.56 Å². The topological polar surface area (TPSA) is 60.5 Å². The molecule has 2 rings (SSSR count). The maximum absolute atomic E-state index is 11.6. The Balaban J connectivity index is 1.95. The molecule has 1 aromatic heterocycles. The molecule has 1 unspecified atom stereocenters. The molecule has 1 saturated heterocycles. The molecule has 0 saturated carbocycles. The van der Waals surface area contributed by atoms with Gasteiger partial charge in [0, 0.05) is 45.0 Å². The zero-order valence-electron chi connectivity index (χ0n) is 11.7. The molecule has 106 valence electrons. The van der Waals surface area contributed by atoms with Crippen LogP contribution in [0, 0.1) is 0 Å². The van der Waals surface area contributed by atoms with Gasteiger partial charge in [0.05, 0.1) is 11.7 Å². The molecule has 0 spiro atoms. The summed E-state index contributed by atoms with van der Waals surface area (Å²) >= 11 is 0. The van der Waals surface area contributed by atoms with Gasteiger partial charge in [0.15, 0.2) is 0 Å². The van der Waals surface area contributed by atoms with E-state index in [9.17, 15) is 4.79 Å². The number of aromatic nitrogens is 1. The Hall–Kier alpha value is -1.17. The predicted molar refractivity (Wildman–Crippen MR) is 75.1 cm³/mol. The minimum absolute atomic E-state index is 0.0467. The van der Waals surface area contributed by atoms with Crippen LogP contribution in [-0.2, 0) is 11.3 Å². The molecule has 0 amide bonds. The summed E-state index contributed by atoms with van der Waals surface area (Å²) in [4.78, 5) is 14.0. The Morgan fingerprint density at radius 1 is 1.42 bits per heavy atom. The molecule has 0 aromatic carbocycles. The Morgan fingerprint density at radius 3 is 2.89 bits per heavy atom. The van der Waals surface area contributed by atoms with Crippen LogP contribution in [-0.4, -0.2) is 47.4 Å². The van der Waals surface area contributed by atoms with Crippen molar-refractivity contribution < 1.29 is 4.74 Å². The number of hydrogen-bond donors (Lipinski definition) is 1. The van der Waals surface area contributed by atoms with Crippen LogP contribution in [0.4, 0.5) is 0 Å². The molecule has 0 aliphatic carbocycles. The van der Waals surface area contributed by atoms with Crippen molar-refractivity contribution in [3.8, 4) is 0 Å². The van der Waals surface area contributed by atoms with Crippen molar-refractivity contribution in [2.75, 3.05) is 26.2 Å². The molecule has 5 nitrogen and oxygen atoms in total. The molecule has 5 heteroatoms. The van der Waals surface area contributed by atoms with Gasteiger partial charge in [-0.25, -0.2) is 0 Å². The van der Waals surface area contributed by atoms with E-state index in [1.54, 1.807) is 16.7 Å². The fourth-order valence-electron chi connectivity index (χ4n) is 2.60. The molecule has 19 heavy (non-hydrogen) atoms. The van der Waals surface area contributed by atoms with Crippen molar-refractivity contribution in [3.63, 3.8) is 0 Å². The van der Waals surface area contributed by atoms with Gasteiger partial charge in [0.2, 0.25) is 0 Å². The van der Waals surface area contributed by atoms with E-state index in [1.807, 2.05) is 12.3 Å². The predicted octanol–water partition coefficient (Wildman–Crippen LogP) is 0.286. The number of nitrogens with zero attached hydrogens (tertiary/aromatic N) is 2. The Labute approximate surface area is 114 Å². The van der Waals surface area contributed by atoms with Crippen molar-refractivity contribution in [2.45, 2.75) is 32.1 Å². The first-order valence-electron chi connectivity index (χ1n) is 6.76. The van der Waals surface area contributed by atoms with Gasteiger partial charge in [-0.05, 0) is 19.9 Å². The highest BCUT2D eigenvalue weighted by Crippen LogP contribution is 2.20. The Morgan fingerprint density at radius 2 is 2.21 bits per heavy atom. The summed E-state index contributed by atoms with van der Waals surface area (Å²) in [5.41, 5.74) is 5.58. The first-order chi connectivity index (χ1) is 9.00. The van der Waals surface area contributed by atoms with E-state index in [1.165, 1.54) is 0 Å². The van der Waals surface area contributed by atoms with Crippen molar-refractivity contribution in [3.05, 3.63) is 34.7 Å². The first-order valence-corrected chi connectivity index (χ1v) is 6.76. The summed E-state index contributed by atoms with van der Waals surface area (Å²) in [5, 5.41) is 0. The molecule has 1 aliphatic rings. The quantitative estimate of drug-likeness (QED) is 0.850. The standard InChI is InChI=1S/C14H23N3O2/c1-14(2)11-16(10-12(9-15)19-14)7-8-17-6-4-3-5-13(17)18/h3-6,12H,7-11,15H2,1-2H3. The number of rotatable bonds is 4. The first kappa shape index (κ1) is 14.2. The van der Waals surface area contributed by atoms with E-state index >= 15 is 0 Å². The minimum Gasteiger partial charge on any atom is -0.368 e. The zero-order valence-corrected chi connectivity index (χ0v) is 11.7. The van der Waals surface area contributed by atoms with Gasteiger partial charge >= 0.3 is 0 Å². The van der Waals surface area contributed by atoms with Crippen molar-refractivity contribution in [1.29, 1.82) is 0 Å². The molecule has 0 bridgehead atoms. The maximum Gasteiger partial charge on any atom is 0.250 e. The van der Waals surface area contributed by atoms with Crippen molar-refractivity contribution in [2.24, 2.45) is 5.73 Å². The summed E-state index contributed by atoms with van der Waals surface area (Å²) in [6.07, 6.45) is 1.91. The van der Waals surface area contributed by atoms with Gasteiger partial charge in [0.1, 0.15) is 0 Å². The van der Waals surface area contributed by atoms with E-state index in [0.717, 1.165) is 19.6 Å². The van der Waals surface area contributed by atoms with Gasteiger partial charge in [-0.15, -0.1) is 0 Å². The second-order valence-electron chi connectivity index (χ2n) is 5.70. The zero-order chi connectivity index (χ0) is 13.9. The van der Waals surface area contributed by atoms with Crippen LogP contribution in [0.2, 0.25) is 0 Å². The number of morpholine rings is 1. The average molecular weight is 265 g/mol. The summed E-state index contributed by atoms with van der Waals surface area (Å²) in [7, 11) is 0. The summed E-state index contributed by atoms with van der Waals surface area (Å²) in [5.74, 6) is 0. The third-order valence-corrected chi connectivity index (χ3v) is 3.37. The lowest BCUT2D eigenvalue weighted by atomic mass is 10.1. The monoisotopic (exact) mass is 265 g/mol. The molecule has 1 aromatic rings. The highest BCUT2D eigenvalue weighted by atomic mass is 16.5. The van der Waals surface area contributed by atoms with Crippen LogP contribution in [0.1, 0.15) is 13.8 Å². The third-order valence-electron chi connectivity index (χ3n) is 3.37. The van der Waals surface area contributed by atoms with E-state index in [0.29, 0.717) is 13.1 Å². The lowest BCUT2D eigenvalue weighted by Crippen LogP contribution is -2.55. The number of pyridine rings is 1. The van der Waals surface area contributed by atoms with Crippen LogP contribution in [0.25, 0.3) is 0 Å². The van der Waals surface area contributed by atoms with Gasteiger partial charge in [-0.1, -0.05) is 6.07 Å². The summed E-state index contributed by atoms with van der Waals surface area (Å²) in [6, 6.07) is 5.24. The molecule has 1 atom stereocenters. The number of nitrogens with two attached hydrogens (primary N) is 1. The summed E-state index contributed by atoms with van der Waals surface area (Å²) in [6.45, 7) is 7.94. The smallest absolute Gasteiger partial charge is 0.250 e. The Kier molecular flexibility index (Phi) is 4.39. The Bertz CT molecular complexity index is 470. The second kappa shape index (κ2) is 5.86. The lowest BCUT2D eigenvalue weighted by molar-refractivity contribution is -0.132. The second-order valence-corrected chi connectivity index (χ2v) is 5.70. The lowest BCUT2D eigenvalue weighted by Gasteiger charge is -2.42. The fourth-order valence-corrected chi connectivity index (χ4v) is 2.60. The SMILES string of the molecule is CC1(C)CN(CCn2ccccc2=O)CC(CN)O1. The number of hydrogen-bond acceptors (Lipinski definition) is 4. The summed E-state index contributed by atoms with van der Waals surface area (Å²) < 4.78 is 7.63. The molecule has 1 aliphatic heterocycles. The largest absolute Gasteiger partial charge is 0.368 e. The molecule has 2 heterocycles. The van der Waals surface area contributed by atoms with Crippen LogP contribution in [0.3, 0.4) is 0 Å². The van der Waals surface area contributed by atoms with Crippen LogP contribution < -0.4 is 11.3 Å². The van der Waals surface area contributed by atoms with Gasteiger partial charge < -0.3 is 15.0 Å². The van der Waals surface area contributed by atoms with Crippen LogP contribution in [0.15, 0.2) is 29.2 Å². The van der Waals surface area contributed by atoms with Crippen LogP contribution in [0.5, 0.6) is 0 Å². The van der Waals surface area contributed by atoms with Crippen molar-refractivity contribution >= 4 is 0 Å². The fraction of sp³-hybridized carbons (Fsp3) is 0.643. The highest BCUT2D eigenvalue weighted by molar-refractivity contribution is 4.93. The van der Waals surface area contributed by atoms with E-state index in [-0.39, 0.29) is 17.3 Å². The van der Waals surface area contributed by atoms with E-state index < -0.39 is 0 Å². The van der Waals surface area contributed by atoms with E-state index in [2.05, 4.69) is 18.7 Å². The van der Waals surface area contributed by atoms with Gasteiger partial charge in [-0.2, -0.15) is 0 Å². The minimum atomic E-state index is -0.177. The van der Waals surface area contributed by atoms with Crippen LogP contribution >= 0.6 is 0 Å². The molecular formula is C14H23N3O2.